The second-order valence-corrected chi connectivity index (χ2v) is 27.3. The van der Waals surface area contributed by atoms with Crippen LogP contribution in [-0.4, -0.2) is 20.7 Å². The van der Waals surface area contributed by atoms with E-state index in [1.807, 2.05) is 60.7 Å². The third-order valence-corrected chi connectivity index (χ3v) is 26.4. The Morgan fingerprint density at radius 2 is 0.978 bits per heavy atom. The Morgan fingerprint density at radius 1 is 0.600 bits per heavy atom. The van der Waals surface area contributed by atoms with Gasteiger partial charge in [-0.15, -0.1) is 24.3 Å². The molecule has 2 nitrogen and oxygen atoms in total. The standard InChI is InChI=1S/C22H24I4O2S2.2C7H7.Ti/c23-15-7-13(21(27)17(25)9-15)11-29-19-5-3-1-2-4-6-20(19)30-12-14-8-16(24)10-18(26)22(14)28;2*1-7-5-3-2-4-6-7;/h7-10,19-20,27-28H,1-6,11-12H2;2*2-6H,1H2;/q;2*-1;/t19-,20?;;;/m0.../s1. The van der Waals surface area contributed by atoms with Crippen LogP contribution in [0.25, 0.3) is 0 Å². The third-order valence-electron chi connectivity index (χ3n) is 7.61. The van der Waals surface area contributed by atoms with Crippen LogP contribution in [0.3, 0.4) is 0 Å². The van der Waals surface area contributed by atoms with Gasteiger partial charge in [0.25, 0.3) is 0 Å². The smallest absolute Gasteiger partial charge is 0.0866 e. The normalized spacial score (nSPS) is 20.4. The summed E-state index contributed by atoms with van der Waals surface area (Å²) in [5.74, 6) is 3.16. The van der Waals surface area contributed by atoms with Gasteiger partial charge in [-0.2, -0.15) is 49.2 Å². The van der Waals surface area contributed by atoms with Gasteiger partial charge in [0.1, 0.15) is 0 Å². The molecule has 4 aromatic carbocycles. The predicted molar refractivity (Wildman–Crippen MR) is 227 cm³/mol. The fraction of sp³-hybridized carbons (Fsp3) is 0.278. The summed E-state index contributed by atoms with van der Waals surface area (Å²) in [5, 5.41) is 23.2. The molecule has 1 aliphatic carbocycles. The molecule has 0 bridgehead atoms. The van der Waals surface area contributed by atoms with E-state index in [0.29, 0.717) is 27.4 Å². The zero-order valence-electron chi connectivity index (χ0n) is 25.0. The Bertz CT molecular complexity index is 1530. The molecule has 2 aliphatic rings. The number of hydrogen-bond acceptors (Lipinski definition) is 2. The van der Waals surface area contributed by atoms with Crippen LogP contribution >= 0.6 is 106 Å². The van der Waals surface area contributed by atoms with Crippen molar-refractivity contribution in [1.82, 2.24) is 0 Å². The molecule has 1 heterocycles. The van der Waals surface area contributed by atoms with Crippen molar-refractivity contribution < 1.29 is 25.7 Å². The van der Waals surface area contributed by atoms with Crippen molar-refractivity contribution in [2.24, 2.45) is 0 Å². The number of phenols is 2. The van der Waals surface area contributed by atoms with Crippen molar-refractivity contribution >= 4 is 106 Å². The summed E-state index contributed by atoms with van der Waals surface area (Å²) in [5.41, 5.74) is 4.48. The first kappa shape index (κ1) is 38.4. The minimum Gasteiger partial charge on any atom is -0.199 e. The van der Waals surface area contributed by atoms with E-state index >= 15 is 0 Å². The summed E-state index contributed by atoms with van der Waals surface area (Å²) < 4.78 is 4.41. The molecule has 4 atom stereocenters. The molecule has 1 aliphatic heterocycles. The van der Waals surface area contributed by atoms with Crippen molar-refractivity contribution in [3.05, 3.63) is 135 Å². The van der Waals surface area contributed by atoms with Gasteiger partial charge in [-0.25, -0.2) is 0 Å². The van der Waals surface area contributed by atoms with Crippen molar-refractivity contribution in [2.45, 2.75) is 60.5 Å². The SMILES string of the molecule is Oc1c(I)cc(I)cc1C[S]1=[Ti]=[S@@](Cc2cc(I)cc(I)c2O)C2CCCCCC[C@@H]21.[CH2-]c1ccccc1.[CH2-]c1ccccc1. The molecule has 240 valence electrons. The fourth-order valence-electron chi connectivity index (χ4n) is 5.35. The molecule has 0 aromatic heterocycles. The Morgan fingerprint density at radius 3 is 1.31 bits per heavy atom. The Balaban J connectivity index is 0.000000269. The molecule has 0 radical (unpaired) electrons. The number of phenolic OH excluding ortho intramolecular Hbond substituents is 2. The molecular weight excluding hydrogens is 1080 g/mol. The number of halogens is 4. The zero-order valence-corrected chi connectivity index (χ0v) is 36.9. The summed E-state index contributed by atoms with van der Waals surface area (Å²) in [6.45, 7) is 7.44. The quantitative estimate of drug-likeness (QED) is 0.121. The fourth-order valence-corrected chi connectivity index (χ4v) is 30.1. The molecule has 2 unspecified atom stereocenters. The van der Waals surface area contributed by atoms with Crippen molar-refractivity contribution in [1.29, 1.82) is 0 Å². The monoisotopic (exact) mass is 1120 g/mol. The first-order valence-corrected chi connectivity index (χ1v) is 25.9. The van der Waals surface area contributed by atoms with Gasteiger partial charge < -0.3 is 0 Å². The first-order chi connectivity index (χ1) is 21.6. The second kappa shape index (κ2) is 19.7. The molecule has 45 heavy (non-hydrogen) atoms. The number of rotatable bonds is 4. The molecule has 1 saturated carbocycles. The molecule has 2 N–H and O–H groups in total. The van der Waals surface area contributed by atoms with Crippen LogP contribution in [0.1, 0.15) is 60.8 Å². The van der Waals surface area contributed by atoms with Crippen LogP contribution in [0.15, 0.2) is 84.9 Å². The second-order valence-electron chi connectivity index (χ2n) is 11.1. The van der Waals surface area contributed by atoms with Gasteiger partial charge in [-0.3, -0.25) is 0 Å². The molecule has 9 heteroatoms. The molecule has 6 rings (SSSR count). The van der Waals surface area contributed by atoms with Crippen LogP contribution in [0.4, 0.5) is 0 Å². The van der Waals surface area contributed by atoms with Gasteiger partial charge in [-0.05, 0) is 0 Å². The average molecular weight is 1120 g/mol. The first-order valence-electron chi connectivity index (χ1n) is 14.9. The largest absolute Gasteiger partial charge is 0.199 e. The van der Waals surface area contributed by atoms with E-state index < -0.39 is 0 Å². The molecule has 1 fully saturated rings. The summed E-state index contributed by atoms with van der Waals surface area (Å²) in [4.78, 5) is 0. The van der Waals surface area contributed by atoms with Crippen LogP contribution in [0, 0.1) is 28.1 Å². The minimum atomic E-state index is -0.127. The summed E-state index contributed by atoms with van der Waals surface area (Å²) in [6.07, 6.45) is 8.26. The molecule has 0 saturated heterocycles. The van der Waals surface area contributed by atoms with Crippen LogP contribution < -0.4 is 0 Å². The van der Waals surface area contributed by atoms with Crippen molar-refractivity contribution in [3.63, 3.8) is 0 Å². The minimum absolute atomic E-state index is 0.127. The van der Waals surface area contributed by atoms with Gasteiger partial charge >= 0.3 is 254 Å². The van der Waals surface area contributed by atoms with Gasteiger partial charge in [0, 0.05) is 0 Å². The summed E-state index contributed by atoms with van der Waals surface area (Å²) in [7, 11) is 0.848. The van der Waals surface area contributed by atoms with E-state index in [-0.39, 0.29) is 15.5 Å². The van der Waals surface area contributed by atoms with E-state index in [9.17, 15) is 10.2 Å². The maximum Gasteiger partial charge on any atom is -0.0866 e. The van der Waals surface area contributed by atoms with Gasteiger partial charge in [0.2, 0.25) is 0 Å². The van der Waals surface area contributed by atoms with Gasteiger partial charge in [-0.1, -0.05) is 12.1 Å². The molecule has 0 amide bonds. The van der Waals surface area contributed by atoms with Crippen LogP contribution in [-0.2, 0) is 27.0 Å². The maximum atomic E-state index is 10.8. The summed E-state index contributed by atoms with van der Waals surface area (Å²) >= 11 is 9.18. The maximum absolute atomic E-state index is 10.8. The average Bonchev–Trinajstić information content (AvgIpc) is 3.29. The predicted octanol–water partition coefficient (Wildman–Crippen LogP) is 12.5. The number of aromatic hydroxyl groups is 2. The van der Waals surface area contributed by atoms with Gasteiger partial charge in [0.05, 0.1) is 0 Å². The third kappa shape index (κ3) is 12.1. The topological polar surface area (TPSA) is 40.5 Å². The van der Waals surface area contributed by atoms with E-state index in [0.717, 1.165) is 40.3 Å². The van der Waals surface area contributed by atoms with Gasteiger partial charge in [0.15, 0.2) is 0 Å². The van der Waals surface area contributed by atoms with Crippen LogP contribution in [0.5, 0.6) is 11.5 Å². The Kier molecular flexibility index (Phi) is 16.8. The Labute approximate surface area is 334 Å². The Hall–Kier alpha value is 0.554. The van der Waals surface area contributed by atoms with E-state index in [2.05, 4.69) is 128 Å². The number of hydrogen-bond donors (Lipinski definition) is 2. The number of benzene rings is 4. The zero-order chi connectivity index (χ0) is 32.3. The number of fused-ring (bicyclic) bond motifs is 1. The summed E-state index contributed by atoms with van der Waals surface area (Å²) in [6, 6.07) is 28.3. The van der Waals surface area contributed by atoms with Crippen molar-refractivity contribution in [3.8, 4) is 11.5 Å². The molecule has 4 aromatic rings. The van der Waals surface area contributed by atoms with Crippen LogP contribution in [0.2, 0.25) is 0 Å². The van der Waals surface area contributed by atoms with Crippen molar-refractivity contribution in [2.75, 3.05) is 0 Å². The van der Waals surface area contributed by atoms with E-state index in [1.54, 1.807) is 0 Å². The molecular formula is C36H38I4O2S2Ti-2. The van der Waals surface area contributed by atoms with E-state index in [4.69, 9.17) is 0 Å². The van der Waals surface area contributed by atoms with E-state index in [1.165, 1.54) is 56.8 Å². The molecule has 0 spiro atoms.